The Labute approximate surface area is 173 Å². The Kier molecular flexibility index (Phi) is 7.31. The first-order chi connectivity index (χ1) is 13.4. The van der Waals surface area contributed by atoms with Gasteiger partial charge in [0, 0.05) is 36.1 Å². The smallest absolute Gasteiger partial charge is 0.243 e. The van der Waals surface area contributed by atoms with Gasteiger partial charge in [0.25, 0.3) is 0 Å². The number of hydrogen-bond acceptors (Lipinski definition) is 4. The zero-order valence-corrected chi connectivity index (χ0v) is 18.3. The van der Waals surface area contributed by atoms with Crippen molar-refractivity contribution in [1.29, 1.82) is 0 Å². The number of benzene rings is 1. The highest BCUT2D eigenvalue weighted by Crippen LogP contribution is 2.30. The highest BCUT2D eigenvalue weighted by atomic mass is 35.5. The number of nitrogens with zero attached hydrogens (tertiary/aromatic N) is 3. The molecule has 1 saturated heterocycles. The third-order valence-corrected chi connectivity index (χ3v) is 7.91. The van der Waals surface area contributed by atoms with Crippen molar-refractivity contribution in [2.45, 2.75) is 56.4 Å². The summed E-state index contributed by atoms with van der Waals surface area (Å²) in [5.41, 5.74) is 0. The number of rotatable bonds is 8. The third-order valence-electron chi connectivity index (χ3n) is 5.68. The van der Waals surface area contributed by atoms with Gasteiger partial charge in [0.15, 0.2) is 0 Å². The van der Waals surface area contributed by atoms with Crippen molar-refractivity contribution in [2.24, 2.45) is 0 Å². The summed E-state index contributed by atoms with van der Waals surface area (Å²) in [7, 11) is -1.46. The molecule has 2 aromatic rings. The molecule has 0 spiro atoms. The summed E-state index contributed by atoms with van der Waals surface area (Å²) in [5.74, 6) is 0. The number of aromatic nitrogens is 1. The number of likely N-dealkylation sites (N-methyl/N-ethyl adjacent to an activating group) is 1. The second-order valence-electron chi connectivity index (χ2n) is 7.65. The van der Waals surface area contributed by atoms with E-state index < -0.39 is 10.0 Å². The van der Waals surface area contributed by atoms with Gasteiger partial charge in [0.2, 0.25) is 10.0 Å². The molecule has 0 amide bonds. The lowest BCUT2D eigenvalue weighted by atomic mass is 10.1. The first-order valence-electron chi connectivity index (χ1n) is 10.2. The molecule has 7 heteroatoms. The summed E-state index contributed by atoms with van der Waals surface area (Å²) in [5, 5.41) is 1.64. The Bertz CT molecular complexity index is 904. The van der Waals surface area contributed by atoms with E-state index in [1.165, 1.54) is 25.7 Å². The molecule has 1 aliphatic rings. The number of pyridine rings is 1. The molecule has 5 nitrogen and oxygen atoms in total. The van der Waals surface area contributed by atoms with Crippen molar-refractivity contribution < 1.29 is 8.42 Å². The van der Waals surface area contributed by atoms with Crippen LogP contribution in [0.1, 0.15) is 45.4 Å². The quantitative estimate of drug-likeness (QED) is 0.461. The van der Waals surface area contributed by atoms with Gasteiger partial charge in [-0.3, -0.25) is 0 Å². The summed E-state index contributed by atoms with van der Waals surface area (Å²) >= 11 is 6.17. The molecule has 1 aromatic carbocycles. The van der Waals surface area contributed by atoms with Gasteiger partial charge in [0.1, 0.15) is 5.15 Å². The number of halogens is 1. The number of sulfonamides is 1. The maximum absolute atomic E-state index is 13.4. The van der Waals surface area contributed by atoms with Gasteiger partial charge < -0.3 is 4.90 Å². The Morgan fingerprint density at radius 3 is 2.82 bits per heavy atom. The molecule has 1 fully saturated rings. The van der Waals surface area contributed by atoms with E-state index in [0.29, 0.717) is 33.9 Å². The maximum atomic E-state index is 13.4. The minimum atomic E-state index is -3.58. The van der Waals surface area contributed by atoms with E-state index in [0.717, 1.165) is 19.4 Å². The molecule has 0 bridgehead atoms. The summed E-state index contributed by atoms with van der Waals surface area (Å²) in [6.45, 7) is 4.34. The van der Waals surface area contributed by atoms with Crippen molar-refractivity contribution in [1.82, 2.24) is 14.2 Å². The molecule has 2 heterocycles. The summed E-state index contributed by atoms with van der Waals surface area (Å²) < 4.78 is 28.5. The molecular weight excluding hydrogens is 394 g/mol. The molecule has 1 atom stereocenters. The molecule has 1 aliphatic heterocycles. The predicted molar refractivity (Wildman–Crippen MR) is 115 cm³/mol. The standard InChI is InChI=1S/C21H30ClN3O2S/c1-3-4-5-6-14-24(2)17-9-8-15-25(16-17)28(26,27)20-11-7-10-19-18(20)12-13-23-21(19)22/h7,10-13,17H,3-6,8-9,14-16H2,1-2H3. The Morgan fingerprint density at radius 2 is 2.04 bits per heavy atom. The van der Waals surface area contributed by atoms with Crippen LogP contribution in [0.5, 0.6) is 0 Å². The largest absolute Gasteiger partial charge is 0.302 e. The van der Waals surface area contributed by atoms with Crippen LogP contribution < -0.4 is 0 Å². The lowest BCUT2D eigenvalue weighted by Crippen LogP contribution is -2.48. The van der Waals surface area contributed by atoms with Gasteiger partial charge in [0.05, 0.1) is 4.90 Å². The van der Waals surface area contributed by atoms with Gasteiger partial charge in [-0.25, -0.2) is 13.4 Å². The highest BCUT2D eigenvalue weighted by molar-refractivity contribution is 7.89. The van der Waals surface area contributed by atoms with Crippen LogP contribution in [0.15, 0.2) is 35.4 Å². The second kappa shape index (κ2) is 9.53. The van der Waals surface area contributed by atoms with E-state index in [2.05, 4.69) is 23.9 Å². The van der Waals surface area contributed by atoms with Crippen molar-refractivity contribution in [3.63, 3.8) is 0 Å². The van der Waals surface area contributed by atoms with Crippen molar-refractivity contribution in [3.05, 3.63) is 35.6 Å². The normalized spacial score (nSPS) is 18.8. The Hall–Kier alpha value is -1.21. The lowest BCUT2D eigenvalue weighted by Gasteiger charge is -2.37. The van der Waals surface area contributed by atoms with Crippen LogP contribution in [0.2, 0.25) is 5.15 Å². The van der Waals surface area contributed by atoms with Crippen LogP contribution in [0.25, 0.3) is 10.8 Å². The average molecular weight is 424 g/mol. The number of unbranched alkanes of at least 4 members (excludes halogenated alkanes) is 3. The first-order valence-corrected chi connectivity index (χ1v) is 12.0. The van der Waals surface area contributed by atoms with Crippen molar-refractivity contribution in [3.8, 4) is 0 Å². The minimum Gasteiger partial charge on any atom is -0.302 e. The molecule has 28 heavy (non-hydrogen) atoms. The van der Waals surface area contributed by atoms with Gasteiger partial charge in [-0.1, -0.05) is 49.9 Å². The maximum Gasteiger partial charge on any atom is 0.243 e. The summed E-state index contributed by atoms with van der Waals surface area (Å²) in [6.07, 6.45) is 8.38. The molecule has 3 rings (SSSR count). The van der Waals surface area contributed by atoms with E-state index in [1.54, 1.807) is 28.7 Å². The van der Waals surface area contributed by atoms with Crippen molar-refractivity contribution in [2.75, 3.05) is 26.7 Å². The minimum absolute atomic E-state index is 0.269. The molecule has 0 radical (unpaired) electrons. The van der Waals surface area contributed by atoms with Crippen molar-refractivity contribution >= 4 is 32.4 Å². The fourth-order valence-electron chi connectivity index (χ4n) is 3.98. The van der Waals surface area contributed by atoms with E-state index in [9.17, 15) is 8.42 Å². The third kappa shape index (κ3) is 4.67. The van der Waals surface area contributed by atoms with Crippen LogP contribution >= 0.6 is 11.6 Å². The molecule has 0 aliphatic carbocycles. The highest BCUT2D eigenvalue weighted by Gasteiger charge is 2.32. The van der Waals surface area contributed by atoms with E-state index in [1.807, 2.05) is 6.07 Å². The molecule has 0 saturated carbocycles. The fourth-order valence-corrected chi connectivity index (χ4v) is 5.92. The van der Waals surface area contributed by atoms with Gasteiger partial charge in [-0.2, -0.15) is 4.31 Å². The van der Waals surface area contributed by atoms with E-state index in [-0.39, 0.29) is 6.04 Å². The Balaban J connectivity index is 1.78. The monoisotopic (exact) mass is 423 g/mol. The second-order valence-corrected chi connectivity index (χ2v) is 9.92. The molecule has 1 unspecified atom stereocenters. The molecular formula is C21H30ClN3O2S. The van der Waals surface area contributed by atoms with E-state index >= 15 is 0 Å². The van der Waals surface area contributed by atoms with Crippen LogP contribution in [0.4, 0.5) is 0 Å². The molecule has 0 N–H and O–H groups in total. The number of fused-ring (bicyclic) bond motifs is 1. The summed E-state index contributed by atoms with van der Waals surface area (Å²) in [6, 6.07) is 7.23. The van der Waals surface area contributed by atoms with Crippen LogP contribution in [0.3, 0.4) is 0 Å². The lowest BCUT2D eigenvalue weighted by molar-refractivity contribution is 0.161. The number of piperidine rings is 1. The number of hydrogen-bond donors (Lipinski definition) is 0. The predicted octanol–water partition coefficient (Wildman–Crippen LogP) is 4.55. The first kappa shape index (κ1) is 21.5. The van der Waals surface area contributed by atoms with Gasteiger partial charge >= 0.3 is 0 Å². The van der Waals surface area contributed by atoms with E-state index in [4.69, 9.17) is 11.6 Å². The van der Waals surface area contributed by atoms with Gasteiger partial charge in [-0.15, -0.1) is 0 Å². The fraction of sp³-hybridized carbons (Fsp3) is 0.571. The Morgan fingerprint density at radius 1 is 1.21 bits per heavy atom. The average Bonchev–Trinajstić information content (AvgIpc) is 2.71. The van der Waals surface area contributed by atoms with Gasteiger partial charge in [-0.05, 0) is 45.0 Å². The zero-order chi connectivity index (χ0) is 20.1. The molecule has 154 valence electrons. The summed E-state index contributed by atoms with van der Waals surface area (Å²) in [4.78, 5) is 6.72. The molecule has 1 aromatic heterocycles. The topological polar surface area (TPSA) is 53.5 Å². The van der Waals surface area contributed by atoms with Crippen LogP contribution in [0, 0.1) is 0 Å². The van der Waals surface area contributed by atoms with Crippen LogP contribution in [-0.2, 0) is 10.0 Å². The van der Waals surface area contributed by atoms with Crippen LogP contribution in [-0.4, -0.2) is 55.3 Å². The SMILES string of the molecule is CCCCCCN(C)C1CCCN(S(=O)(=O)c2cccc3c(Cl)nccc23)C1. The zero-order valence-electron chi connectivity index (χ0n) is 16.8.